The van der Waals surface area contributed by atoms with Gasteiger partial charge in [-0.15, -0.1) is 0 Å². The van der Waals surface area contributed by atoms with Gasteiger partial charge in [-0.3, -0.25) is 4.79 Å². The zero-order valence-corrected chi connectivity index (χ0v) is 14.4. The molecule has 1 unspecified atom stereocenters. The van der Waals surface area contributed by atoms with Crippen molar-refractivity contribution in [2.45, 2.75) is 57.0 Å². The van der Waals surface area contributed by atoms with Crippen LogP contribution in [0.5, 0.6) is 0 Å². The van der Waals surface area contributed by atoms with Gasteiger partial charge in [0.25, 0.3) is 0 Å². The Morgan fingerprint density at radius 1 is 1.24 bits per heavy atom. The molecule has 6 heteroatoms. The van der Waals surface area contributed by atoms with Crippen molar-refractivity contribution in [3.63, 3.8) is 0 Å². The normalized spacial score (nSPS) is 18.9. The fourth-order valence-electron chi connectivity index (χ4n) is 3.10. The number of aliphatic carboxylic acids is 1. The summed E-state index contributed by atoms with van der Waals surface area (Å²) in [7, 11) is 3.57. The molecule has 1 aliphatic carbocycles. The van der Waals surface area contributed by atoms with Gasteiger partial charge in [0.2, 0.25) is 0 Å². The number of nitrogens with zero attached hydrogens (tertiary/aromatic N) is 2. The Morgan fingerprint density at radius 3 is 2.29 bits per heavy atom. The second-order valence-corrected chi connectivity index (χ2v) is 7.02. The fraction of sp³-hybridized carbons (Fsp3) is 0.867. The maximum atomic E-state index is 12.7. The molecule has 1 N–H and O–H groups in total. The average molecular weight is 316 g/mol. The van der Waals surface area contributed by atoms with Gasteiger partial charge < -0.3 is 14.9 Å². The molecule has 0 aromatic heterocycles. The molecule has 1 rings (SSSR count). The lowest BCUT2D eigenvalue weighted by atomic mass is 9.78. The maximum absolute atomic E-state index is 12.7. The molecule has 21 heavy (non-hydrogen) atoms. The Bertz CT molecular complexity index is 370. The van der Waals surface area contributed by atoms with Gasteiger partial charge in [-0.05, 0) is 26.0 Å². The minimum absolute atomic E-state index is 0.0417. The quantitative estimate of drug-likeness (QED) is 0.818. The molecular formula is C15H28N2O3S. The van der Waals surface area contributed by atoms with Gasteiger partial charge >= 0.3 is 12.0 Å². The highest BCUT2D eigenvalue weighted by Gasteiger charge is 2.41. The van der Waals surface area contributed by atoms with Crippen molar-refractivity contribution in [3.8, 4) is 0 Å². The molecule has 0 aliphatic heterocycles. The molecule has 1 saturated carbocycles. The zero-order chi connectivity index (χ0) is 16.0. The van der Waals surface area contributed by atoms with Crippen LogP contribution in [0.2, 0.25) is 0 Å². The van der Waals surface area contributed by atoms with E-state index in [1.165, 1.54) is 0 Å². The number of urea groups is 1. The first-order valence-corrected chi connectivity index (χ1v) is 8.95. The Labute approximate surface area is 132 Å². The van der Waals surface area contributed by atoms with Crippen LogP contribution in [0.25, 0.3) is 0 Å². The van der Waals surface area contributed by atoms with Crippen LogP contribution in [-0.4, -0.2) is 64.6 Å². The highest BCUT2D eigenvalue weighted by Crippen LogP contribution is 2.36. The standard InChI is InChI=1S/C15H28N2O3S/c1-12(11-21-4)16(2)14(20)17(3)15(10-13(18)19)8-6-5-7-9-15/h12H,5-11H2,1-4H3,(H,18,19). The summed E-state index contributed by atoms with van der Waals surface area (Å²) in [6.45, 7) is 2.02. The lowest BCUT2D eigenvalue weighted by Gasteiger charge is -2.45. The van der Waals surface area contributed by atoms with E-state index in [1.807, 2.05) is 13.2 Å². The molecule has 1 aliphatic rings. The molecule has 0 spiro atoms. The van der Waals surface area contributed by atoms with Crippen LogP contribution in [0.4, 0.5) is 4.79 Å². The monoisotopic (exact) mass is 316 g/mol. The van der Waals surface area contributed by atoms with Crippen molar-refractivity contribution in [2.75, 3.05) is 26.1 Å². The van der Waals surface area contributed by atoms with Crippen LogP contribution in [-0.2, 0) is 4.79 Å². The van der Waals surface area contributed by atoms with E-state index < -0.39 is 11.5 Å². The number of amides is 2. The third-order valence-corrected chi connectivity index (χ3v) is 5.45. The molecule has 5 nitrogen and oxygen atoms in total. The van der Waals surface area contributed by atoms with E-state index in [0.717, 1.165) is 37.9 Å². The summed E-state index contributed by atoms with van der Waals surface area (Å²) >= 11 is 1.71. The Hall–Kier alpha value is -0.910. The SMILES string of the molecule is CSCC(C)N(C)C(=O)N(C)C1(CC(=O)O)CCCCC1. The lowest BCUT2D eigenvalue weighted by Crippen LogP contribution is -2.56. The molecule has 0 aromatic rings. The Balaban J connectivity index is 2.86. The van der Waals surface area contributed by atoms with E-state index in [-0.39, 0.29) is 18.5 Å². The summed E-state index contributed by atoms with van der Waals surface area (Å²) in [4.78, 5) is 27.4. The number of carbonyl (C=O) groups is 2. The molecule has 0 radical (unpaired) electrons. The summed E-state index contributed by atoms with van der Waals surface area (Å²) in [5.41, 5.74) is -0.519. The molecule has 122 valence electrons. The summed E-state index contributed by atoms with van der Waals surface area (Å²) in [6.07, 6.45) is 6.75. The van der Waals surface area contributed by atoms with E-state index >= 15 is 0 Å². The van der Waals surface area contributed by atoms with Crippen molar-refractivity contribution in [3.05, 3.63) is 0 Å². The summed E-state index contributed by atoms with van der Waals surface area (Å²) in [5, 5.41) is 9.24. The molecular weight excluding hydrogens is 288 g/mol. The maximum Gasteiger partial charge on any atom is 0.320 e. The van der Waals surface area contributed by atoms with Crippen molar-refractivity contribution < 1.29 is 14.7 Å². The topological polar surface area (TPSA) is 60.9 Å². The van der Waals surface area contributed by atoms with E-state index in [0.29, 0.717) is 0 Å². The van der Waals surface area contributed by atoms with E-state index in [2.05, 4.69) is 0 Å². The minimum Gasteiger partial charge on any atom is -0.481 e. The van der Waals surface area contributed by atoms with Crippen LogP contribution in [0, 0.1) is 0 Å². The minimum atomic E-state index is -0.823. The number of carboxylic acids is 1. The zero-order valence-electron chi connectivity index (χ0n) is 13.6. The van der Waals surface area contributed by atoms with Gasteiger partial charge in [0.1, 0.15) is 0 Å². The number of hydrogen-bond acceptors (Lipinski definition) is 3. The van der Waals surface area contributed by atoms with Crippen molar-refractivity contribution >= 4 is 23.8 Å². The van der Waals surface area contributed by atoms with Gasteiger partial charge in [0, 0.05) is 25.9 Å². The van der Waals surface area contributed by atoms with Crippen LogP contribution in [0.1, 0.15) is 45.4 Å². The summed E-state index contributed by atoms with van der Waals surface area (Å²) in [6, 6.07) is 0.0696. The third-order valence-electron chi connectivity index (χ3n) is 4.63. The van der Waals surface area contributed by atoms with Gasteiger partial charge in [0.15, 0.2) is 0 Å². The first kappa shape index (κ1) is 18.1. The summed E-state index contributed by atoms with van der Waals surface area (Å²) in [5.74, 6) is 0.0542. The van der Waals surface area contributed by atoms with Crippen molar-refractivity contribution in [1.29, 1.82) is 0 Å². The first-order chi connectivity index (χ1) is 9.84. The molecule has 0 bridgehead atoms. The highest BCUT2D eigenvalue weighted by atomic mass is 32.2. The number of carbonyl (C=O) groups excluding carboxylic acids is 1. The molecule has 2 amide bonds. The number of hydrogen-bond donors (Lipinski definition) is 1. The molecule has 0 saturated heterocycles. The fourth-order valence-corrected chi connectivity index (χ4v) is 3.81. The average Bonchev–Trinajstić information content (AvgIpc) is 2.45. The van der Waals surface area contributed by atoms with Crippen molar-refractivity contribution in [2.24, 2.45) is 0 Å². The highest BCUT2D eigenvalue weighted by molar-refractivity contribution is 7.98. The van der Waals surface area contributed by atoms with E-state index in [1.54, 1.807) is 35.7 Å². The molecule has 0 aromatic carbocycles. The van der Waals surface area contributed by atoms with E-state index in [4.69, 9.17) is 0 Å². The van der Waals surface area contributed by atoms with Crippen molar-refractivity contribution in [1.82, 2.24) is 9.80 Å². The molecule has 1 atom stereocenters. The van der Waals surface area contributed by atoms with Gasteiger partial charge in [-0.2, -0.15) is 11.8 Å². The number of rotatable bonds is 6. The van der Waals surface area contributed by atoms with Crippen LogP contribution >= 0.6 is 11.8 Å². The second-order valence-electron chi connectivity index (χ2n) is 6.11. The molecule has 0 heterocycles. The largest absolute Gasteiger partial charge is 0.481 e. The van der Waals surface area contributed by atoms with Crippen LogP contribution < -0.4 is 0 Å². The van der Waals surface area contributed by atoms with Gasteiger partial charge in [-0.25, -0.2) is 4.79 Å². The summed E-state index contributed by atoms with van der Waals surface area (Å²) < 4.78 is 0. The van der Waals surface area contributed by atoms with Gasteiger partial charge in [0.05, 0.1) is 12.0 Å². The smallest absolute Gasteiger partial charge is 0.320 e. The third kappa shape index (κ3) is 4.53. The van der Waals surface area contributed by atoms with E-state index in [9.17, 15) is 14.7 Å². The lowest BCUT2D eigenvalue weighted by molar-refractivity contribution is -0.140. The van der Waals surface area contributed by atoms with Crippen LogP contribution in [0.15, 0.2) is 0 Å². The van der Waals surface area contributed by atoms with Gasteiger partial charge in [-0.1, -0.05) is 19.3 Å². The van der Waals surface area contributed by atoms with Crippen LogP contribution in [0.3, 0.4) is 0 Å². The number of carboxylic acid groups (broad SMARTS) is 1. The number of thioether (sulfide) groups is 1. The predicted molar refractivity (Wildman–Crippen MR) is 86.8 cm³/mol. The predicted octanol–water partition coefficient (Wildman–Crippen LogP) is 2.90. The second kappa shape index (κ2) is 7.92. The first-order valence-electron chi connectivity index (χ1n) is 7.55. The Morgan fingerprint density at radius 2 is 1.81 bits per heavy atom. The molecule has 1 fully saturated rings. The Kier molecular flexibility index (Phi) is 6.84.